The summed E-state index contributed by atoms with van der Waals surface area (Å²) in [6.45, 7) is 3.23. The van der Waals surface area contributed by atoms with E-state index in [0.29, 0.717) is 5.56 Å². The number of anilines is 1. The molecule has 196 valence electrons. The highest BCUT2D eigenvalue weighted by Crippen LogP contribution is 2.38. The molecule has 0 bridgehead atoms. The largest absolute Gasteiger partial charge is 0.480 e. The molecular weight excluding hydrogens is 496 g/mol. The number of benzene rings is 2. The van der Waals surface area contributed by atoms with Gasteiger partial charge in [-0.05, 0) is 36.2 Å². The van der Waals surface area contributed by atoms with Crippen molar-refractivity contribution in [2.75, 3.05) is 19.4 Å². The van der Waals surface area contributed by atoms with Gasteiger partial charge in [-0.3, -0.25) is 14.9 Å². The van der Waals surface area contributed by atoms with Crippen molar-refractivity contribution in [3.63, 3.8) is 0 Å². The summed E-state index contributed by atoms with van der Waals surface area (Å²) in [5.41, 5.74) is -0.371. The van der Waals surface area contributed by atoms with E-state index in [-0.39, 0.29) is 23.0 Å². The van der Waals surface area contributed by atoms with Gasteiger partial charge >= 0.3 is 23.5 Å². The number of ether oxygens (including phenoxy) is 2. The maximum absolute atomic E-state index is 12.3. The molecule has 0 aliphatic heterocycles. The maximum atomic E-state index is 12.3. The fourth-order valence-corrected chi connectivity index (χ4v) is 3.27. The minimum atomic E-state index is -1.26. The van der Waals surface area contributed by atoms with Gasteiger partial charge in [-0.2, -0.15) is 15.2 Å². The van der Waals surface area contributed by atoms with Crippen molar-refractivity contribution < 1.29 is 29.1 Å². The molecule has 1 atom stereocenters. The third-order valence-corrected chi connectivity index (χ3v) is 5.15. The van der Waals surface area contributed by atoms with Gasteiger partial charge in [-0.15, -0.1) is 0 Å². The number of rotatable bonds is 10. The average Bonchev–Trinajstić information content (AvgIpc) is 2.86. The number of nitriles is 1. The van der Waals surface area contributed by atoms with Gasteiger partial charge in [0.15, 0.2) is 0 Å². The predicted molar refractivity (Wildman–Crippen MR) is 134 cm³/mol. The van der Waals surface area contributed by atoms with Crippen molar-refractivity contribution in [1.29, 1.82) is 5.26 Å². The number of nitrogens with zero attached hydrogens (tertiary/aromatic N) is 5. The van der Waals surface area contributed by atoms with E-state index in [1.54, 1.807) is 52.2 Å². The quantitative estimate of drug-likeness (QED) is 0.290. The molecule has 0 aliphatic rings. The van der Waals surface area contributed by atoms with Crippen molar-refractivity contribution in [1.82, 2.24) is 14.9 Å². The molecule has 1 heterocycles. The summed E-state index contributed by atoms with van der Waals surface area (Å²) in [5.74, 6) is -2.97. The Kier molecular flexibility index (Phi) is 8.39. The minimum Gasteiger partial charge on any atom is -0.480 e. The van der Waals surface area contributed by atoms with Gasteiger partial charge < -0.3 is 24.8 Å². The van der Waals surface area contributed by atoms with Crippen molar-refractivity contribution in [2.24, 2.45) is 5.92 Å². The lowest BCUT2D eigenvalue weighted by molar-refractivity contribution is -0.385. The number of aromatic nitrogens is 2. The SMILES string of the molecule is CC(C)C(Nc1nc(Oc2cccc(C(=O)N(C)C)c2)nc(Oc2ccccc2C#N)c1[N+](=O)[O-])C(=O)O. The molecule has 0 saturated heterocycles. The van der Waals surface area contributed by atoms with E-state index in [1.807, 2.05) is 6.07 Å². The number of aliphatic carboxylic acids is 1. The van der Waals surface area contributed by atoms with Crippen LogP contribution >= 0.6 is 0 Å². The average molecular weight is 521 g/mol. The second-order valence-electron chi connectivity index (χ2n) is 8.51. The summed E-state index contributed by atoms with van der Waals surface area (Å²) in [6.07, 6.45) is 0. The Bertz CT molecular complexity index is 1420. The summed E-state index contributed by atoms with van der Waals surface area (Å²) < 4.78 is 11.4. The second-order valence-corrected chi connectivity index (χ2v) is 8.51. The number of carboxylic acids is 1. The number of hydrogen-bond acceptors (Lipinski definition) is 10. The molecule has 3 aromatic rings. The summed E-state index contributed by atoms with van der Waals surface area (Å²) >= 11 is 0. The van der Waals surface area contributed by atoms with Crippen LogP contribution in [0, 0.1) is 27.4 Å². The number of carbonyl (C=O) groups excluding carboxylic acids is 1. The fraction of sp³-hybridized carbons (Fsp3) is 0.240. The van der Waals surface area contributed by atoms with Crippen LogP contribution in [0.1, 0.15) is 29.8 Å². The first-order chi connectivity index (χ1) is 18.0. The Morgan fingerprint density at radius 2 is 1.84 bits per heavy atom. The molecule has 2 aromatic carbocycles. The van der Waals surface area contributed by atoms with Crippen molar-refractivity contribution >= 4 is 23.4 Å². The minimum absolute atomic E-state index is 0.0223. The molecule has 1 amide bonds. The number of hydrogen-bond donors (Lipinski definition) is 2. The molecule has 13 heteroatoms. The molecule has 38 heavy (non-hydrogen) atoms. The van der Waals surface area contributed by atoms with Crippen LogP contribution in [0.2, 0.25) is 0 Å². The van der Waals surface area contributed by atoms with Gasteiger partial charge in [0, 0.05) is 19.7 Å². The molecule has 1 aromatic heterocycles. The molecule has 0 fully saturated rings. The van der Waals surface area contributed by atoms with E-state index < -0.39 is 46.2 Å². The first-order valence-corrected chi connectivity index (χ1v) is 11.2. The van der Waals surface area contributed by atoms with Crippen LogP contribution in [0.15, 0.2) is 48.5 Å². The highest BCUT2D eigenvalue weighted by molar-refractivity contribution is 5.94. The van der Waals surface area contributed by atoms with Crippen LogP contribution in [0.3, 0.4) is 0 Å². The third-order valence-electron chi connectivity index (χ3n) is 5.15. The van der Waals surface area contributed by atoms with Crippen molar-refractivity contribution in [2.45, 2.75) is 19.9 Å². The number of carboxylic acid groups (broad SMARTS) is 1. The number of carbonyl (C=O) groups is 2. The normalized spacial score (nSPS) is 11.3. The van der Waals surface area contributed by atoms with Crippen molar-refractivity contribution in [3.8, 4) is 29.5 Å². The van der Waals surface area contributed by atoms with Crippen LogP contribution in [0.5, 0.6) is 23.4 Å². The van der Waals surface area contributed by atoms with Gasteiger partial charge in [0.05, 0.1) is 10.5 Å². The number of nitro groups is 1. The molecule has 3 rings (SSSR count). The molecule has 13 nitrogen and oxygen atoms in total. The predicted octanol–water partition coefficient (Wildman–Crippen LogP) is 4.06. The molecule has 0 spiro atoms. The molecule has 0 aliphatic carbocycles. The summed E-state index contributed by atoms with van der Waals surface area (Å²) in [6, 6.07) is 12.4. The van der Waals surface area contributed by atoms with Gasteiger partial charge in [-0.1, -0.05) is 32.0 Å². The van der Waals surface area contributed by atoms with E-state index >= 15 is 0 Å². The van der Waals surface area contributed by atoms with E-state index in [1.165, 1.54) is 29.2 Å². The molecule has 0 radical (unpaired) electrons. The van der Waals surface area contributed by atoms with Crippen molar-refractivity contribution in [3.05, 3.63) is 69.8 Å². The molecular formula is C25H24N6O7. The van der Waals surface area contributed by atoms with Gasteiger partial charge in [0.1, 0.15) is 23.6 Å². The highest BCUT2D eigenvalue weighted by atomic mass is 16.6. The zero-order chi connectivity index (χ0) is 28.0. The zero-order valence-electron chi connectivity index (χ0n) is 20.9. The van der Waals surface area contributed by atoms with Crippen LogP contribution in [0.4, 0.5) is 11.5 Å². The van der Waals surface area contributed by atoms with Crippen LogP contribution < -0.4 is 14.8 Å². The third kappa shape index (κ3) is 6.30. The van der Waals surface area contributed by atoms with Gasteiger partial charge in [0.2, 0.25) is 5.82 Å². The maximum Gasteiger partial charge on any atom is 0.373 e. The summed E-state index contributed by atoms with van der Waals surface area (Å²) in [5, 5.41) is 33.7. The first kappa shape index (κ1) is 27.3. The van der Waals surface area contributed by atoms with Gasteiger partial charge in [0.25, 0.3) is 5.91 Å². The van der Waals surface area contributed by atoms with E-state index in [4.69, 9.17) is 9.47 Å². The highest BCUT2D eigenvalue weighted by Gasteiger charge is 2.32. The lowest BCUT2D eigenvalue weighted by Crippen LogP contribution is -2.35. The monoisotopic (exact) mass is 520 g/mol. The number of nitrogens with one attached hydrogen (secondary N) is 1. The van der Waals surface area contributed by atoms with Crippen LogP contribution in [-0.4, -0.2) is 56.9 Å². The Labute approximate surface area is 217 Å². The lowest BCUT2D eigenvalue weighted by Gasteiger charge is -2.19. The smallest absolute Gasteiger partial charge is 0.373 e. The van der Waals surface area contributed by atoms with E-state index in [0.717, 1.165) is 0 Å². The van der Waals surface area contributed by atoms with Crippen LogP contribution in [-0.2, 0) is 4.79 Å². The van der Waals surface area contributed by atoms with Gasteiger partial charge in [-0.25, -0.2) is 4.79 Å². The Morgan fingerprint density at radius 1 is 1.13 bits per heavy atom. The van der Waals surface area contributed by atoms with E-state index in [9.17, 15) is 30.1 Å². The van der Waals surface area contributed by atoms with Crippen LogP contribution in [0.25, 0.3) is 0 Å². The molecule has 0 saturated carbocycles. The number of para-hydroxylation sites is 1. The second kappa shape index (κ2) is 11.7. The Morgan fingerprint density at radius 3 is 2.45 bits per heavy atom. The van der Waals surface area contributed by atoms with E-state index in [2.05, 4.69) is 15.3 Å². The zero-order valence-corrected chi connectivity index (χ0v) is 20.9. The summed E-state index contributed by atoms with van der Waals surface area (Å²) in [4.78, 5) is 44.9. The lowest BCUT2D eigenvalue weighted by atomic mass is 10.0. The fourth-order valence-electron chi connectivity index (χ4n) is 3.27. The molecule has 1 unspecified atom stereocenters. The Hall–Kier alpha value is -5.25. The topological polar surface area (TPSA) is 181 Å². The Balaban J connectivity index is 2.16. The summed E-state index contributed by atoms with van der Waals surface area (Å²) in [7, 11) is 3.17. The number of amides is 1. The standard InChI is InChI=1S/C25H24N6O7/c1-14(2)19(24(33)34)27-21-20(31(35)36)22(38-18-11-6-5-8-16(18)13-26)29-25(28-21)37-17-10-7-9-15(12-17)23(32)30(3)4/h5-12,14,19H,1-4H3,(H,33,34)(H,27,28,29). The molecule has 2 N–H and O–H groups in total. The first-order valence-electron chi connectivity index (χ1n) is 11.2.